The van der Waals surface area contributed by atoms with Crippen molar-refractivity contribution in [3.8, 4) is 23.0 Å². The largest absolute Gasteiger partial charge is 0.493 e. The maximum Gasteiger partial charge on any atom is 0.256 e. The van der Waals surface area contributed by atoms with E-state index in [4.69, 9.17) is 30.4 Å². The highest BCUT2D eigenvalue weighted by molar-refractivity contribution is 7.10. The molecule has 306 valence electrons. The van der Waals surface area contributed by atoms with Gasteiger partial charge < -0.3 is 55.3 Å². The molecule has 2 aliphatic rings. The Bertz CT molecular complexity index is 2140. The number of aliphatic hydroxyl groups is 2. The third-order valence-corrected chi connectivity index (χ3v) is 12.5. The highest BCUT2D eigenvalue weighted by Crippen LogP contribution is 2.38. The summed E-state index contributed by atoms with van der Waals surface area (Å²) in [4.78, 5) is 35.4. The number of aliphatic hydroxyl groups excluding tert-OH is 2. The van der Waals surface area contributed by atoms with Gasteiger partial charge in [-0.1, -0.05) is 12.1 Å². The summed E-state index contributed by atoms with van der Waals surface area (Å²) in [5, 5.41) is 24.3. The molecule has 0 aliphatic carbocycles. The number of anilines is 2. The lowest BCUT2D eigenvalue weighted by molar-refractivity contribution is 0.0543. The highest BCUT2D eigenvalue weighted by atomic mass is 32.1. The minimum Gasteiger partial charge on any atom is -0.493 e. The van der Waals surface area contributed by atoms with E-state index in [1.165, 1.54) is 24.0 Å². The number of nitrogens with two attached hydrogens (primary N) is 2. The van der Waals surface area contributed by atoms with Crippen LogP contribution in [0.1, 0.15) is 58.3 Å². The fourth-order valence-electron chi connectivity index (χ4n) is 7.61. The van der Waals surface area contributed by atoms with Crippen LogP contribution >= 0.6 is 22.7 Å². The first-order valence-corrected chi connectivity index (χ1v) is 20.7. The summed E-state index contributed by atoms with van der Waals surface area (Å²) in [5.74, 6) is 0.904. The molecule has 0 bridgehead atoms. The van der Waals surface area contributed by atoms with E-state index in [-0.39, 0.29) is 72.8 Å². The van der Waals surface area contributed by atoms with Gasteiger partial charge in [0.1, 0.15) is 13.2 Å². The zero-order valence-electron chi connectivity index (χ0n) is 33.0. The summed E-state index contributed by atoms with van der Waals surface area (Å²) in [6.07, 6.45) is 1.18. The molecule has 6 N–H and O–H groups in total. The van der Waals surface area contributed by atoms with Crippen LogP contribution < -0.4 is 30.4 Å². The molecular formula is C43H49N5O8S2. The molecule has 5 aromatic rings. The van der Waals surface area contributed by atoms with Crippen LogP contribution in [0.3, 0.4) is 0 Å². The van der Waals surface area contributed by atoms with Gasteiger partial charge in [0.25, 0.3) is 11.8 Å². The maximum absolute atomic E-state index is 13.8. The summed E-state index contributed by atoms with van der Waals surface area (Å²) in [6.45, 7) is 1.48. The Morgan fingerprint density at radius 1 is 0.690 bits per heavy atom. The standard InChI is InChI=1S/C43H49N5O8S2/c1-46(2)18-25-9-26(23-55-38-16-34(44)32(14-36(38)53-3)42(51)47-19-28-5-7-57-40(28)12-30(47)21-49)11-27(10-25)24-56-39-17-35(45)33(15-37(39)54-4)43(52)48-20-29-6-8-58-41(29)13-31(48)22-50/h5-11,14-17,30-31,49-50H,12-13,18-24,44-45H2,1-4H3/t30-,31+. The van der Waals surface area contributed by atoms with Gasteiger partial charge in [-0.2, -0.15) is 0 Å². The summed E-state index contributed by atoms with van der Waals surface area (Å²) < 4.78 is 23.9. The molecule has 7 rings (SSSR count). The number of fused-ring (bicyclic) bond motifs is 2. The van der Waals surface area contributed by atoms with Crippen LogP contribution in [0.25, 0.3) is 0 Å². The van der Waals surface area contributed by atoms with Crippen molar-refractivity contribution in [3.63, 3.8) is 0 Å². The van der Waals surface area contributed by atoms with Gasteiger partial charge in [0, 0.05) is 65.7 Å². The molecule has 58 heavy (non-hydrogen) atoms. The lowest BCUT2D eigenvalue weighted by Gasteiger charge is -2.35. The van der Waals surface area contributed by atoms with Crippen molar-refractivity contribution in [2.24, 2.45) is 0 Å². The van der Waals surface area contributed by atoms with E-state index in [1.54, 1.807) is 56.7 Å². The second-order valence-electron chi connectivity index (χ2n) is 14.8. The lowest BCUT2D eigenvalue weighted by atomic mass is 10.0. The van der Waals surface area contributed by atoms with E-state index in [0.717, 1.165) is 27.8 Å². The minimum absolute atomic E-state index is 0.154. The van der Waals surface area contributed by atoms with Crippen molar-refractivity contribution in [2.75, 3.05) is 53.0 Å². The number of thiophene rings is 2. The van der Waals surface area contributed by atoms with Crippen LogP contribution in [0.15, 0.2) is 65.4 Å². The fraction of sp³-hybridized carbons (Fsp3) is 0.349. The summed E-state index contributed by atoms with van der Waals surface area (Å²) >= 11 is 3.27. The second kappa shape index (κ2) is 17.7. The van der Waals surface area contributed by atoms with Crippen molar-refractivity contribution in [1.29, 1.82) is 0 Å². The number of carbonyl (C=O) groups is 2. The van der Waals surface area contributed by atoms with Gasteiger partial charge in [0.05, 0.1) is 50.6 Å². The predicted molar refractivity (Wildman–Crippen MR) is 225 cm³/mol. The average Bonchev–Trinajstić information content (AvgIpc) is 3.89. The summed E-state index contributed by atoms with van der Waals surface area (Å²) in [5.41, 5.74) is 18.9. The zero-order chi connectivity index (χ0) is 41.1. The molecule has 0 unspecified atom stereocenters. The normalized spacial score (nSPS) is 16.2. The molecule has 2 aromatic heterocycles. The Hall–Kier alpha value is -5.32. The van der Waals surface area contributed by atoms with E-state index in [1.807, 2.05) is 43.1 Å². The van der Waals surface area contributed by atoms with E-state index in [0.29, 0.717) is 55.5 Å². The highest BCUT2D eigenvalue weighted by Gasteiger charge is 2.34. The Labute approximate surface area is 345 Å². The predicted octanol–water partition coefficient (Wildman–Crippen LogP) is 5.33. The monoisotopic (exact) mass is 827 g/mol. The topological polar surface area (TPSA) is 173 Å². The van der Waals surface area contributed by atoms with Crippen molar-refractivity contribution < 1.29 is 38.7 Å². The number of nitrogen functional groups attached to an aromatic ring is 2. The Kier molecular flexibility index (Phi) is 12.4. The molecule has 3 aromatic carbocycles. The summed E-state index contributed by atoms with van der Waals surface area (Å²) in [6, 6.07) is 15.8. The Morgan fingerprint density at radius 2 is 1.12 bits per heavy atom. The molecule has 0 spiro atoms. The molecule has 0 radical (unpaired) electrons. The smallest absolute Gasteiger partial charge is 0.256 e. The van der Waals surface area contributed by atoms with Gasteiger partial charge in [0.2, 0.25) is 0 Å². The van der Waals surface area contributed by atoms with E-state index >= 15 is 0 Å². The number of methoxy groups -OCH3 is 2. The molecule has 0 fully saturated rings. The molecule has 2 aliphatic heterocycles. The lowest BCUT2D eigenvalue weighted by Crippen LogP contribution is -2.46. The third-order valence-electron chi connectivity index (χ3n) is 10.6. The van der Waals surface area contributed by atoms with E-state index in [2.05, 4.69) is 17.0 Å². The van der Waals surface area contributed by atoms with Gasteiger partial charge in [-0.3, -0.25) is 9.59 Å². The third kappa shape index (κ3) is 8.59. The molecule has 15 heteroatoms. The van der Waals surface area contributed by atoms with Gasteiger partial charge in [-0.15, -0.1) is 22.7 Å². The molecule has 0 saturated carbocycles. The number of carbonyl (C=O) groups excluding carboxylic acids is 2. The van der Waals surface area contributed by atoms with Crippen molar-refractivity contribution >= 4 is 45.9 Å². The molecule has 4 heterocycles. The van der Waals surface area contributed by atoms with E-state index < -0.39 is 0 Å². The van der Waals surface area contributed by atoms with Crippen LogP contribution in [0, 0.1) is 0 Å². The first-order chi connectivity index (χ1) is 28.0. The van der Waals surface area contributed by atoms with Crippen LogP contribution in [-0.4, -0.2) is 90.3 Å². The number of nitrogens with zero attached hydrogens (tertiary/aromatic N) is 3. The number of hydrogen-bond acceptors (Lipinski definition) is 13. The quantitative estimate of drug-likeness (QED) is 0.107. The summed E-state index contributed by atoms with van der Waals surface area (Å²) in [7, 11) is 7.00. The Balaban J connectivity index is 1.07. The van der Waals surface area contributed by atoms with Gasteiger partial charge in [0.15, 0.2) is 23.0 Å². The number of amides is 2. The molecule has 13 nitrogen and oxygen atoms in total. The number of benzene rings is 3. The number of hydrogen-bond donors (Lipinski definition) is 4. The van der Waals surface area contributed by atoms with Gasteiger partial charge >= 0.3 is 0 Å². The maximum atomic E-state index is 13.8. The van der Waals surface area contributed by atoms with Gasteiger partial charge in [-0.05, 0) is 83.0 Å². The van der Waals surface area contributed by atoms with Crippen LogP contribution in [0.4, 0.5) is 11.4 Å². The van der Waals surface area contributed by atoms with Crippen molar-refractivity contribution in [1.82, 2.24) is 14.7 Å². The molecular weight excluding hydrogens is 779 g/mol. The first kappa shape index (κ1) is 40.9. The second-order valence-corrected chi connectivity index (χ2v) is 16.8. The van der Waals surface area contributed by atoms with Gasteiger partial charge in [-0.25, -0.2) is 0 Å². The van der Waals surface area contributed by atoms with Crippen LogP contribution in [-0.2, 0) is 45.7 Å². The average molecular weight is 828 g/mol. The van der Waals surface area contributed by atoms with Crippen molar-refractivity contribution in [2.45, 2.75) is 57.8 Å². The zero-order valence-corrected chi connectivity index (χ0v) is 34.7. The fourth-order valence-corrected chi connectivity index (χ4v) is 9.55. The molecule has 2 amide bonds. The molecule has 2 atom stereocenters. The number of rotatable bonds is 14. The van der Waals surface area contributed by atoms with Crippen LogP contribution in [0.2, 0.25) is 0 Å². The first-order valence-electron chi connectivity index (χ1n) is 18.9. The van der Waals surface area contributed by atoms with Crippen LogP contribution in [0.5, 0.6) is 23.0 Å². The molecule has 0 saturated heterocycles. The SMILES string of the molecule is COc1cc(C(=O)N2Cc3ccsc3C[C@H]2CO)c(N)cc1OCc1cc(COc2cc(N)c(C(=O)N3Cc4ccsc4C[C@@H]3CO)cc2OC)cc(CN(C)C)c1. The number of ether oxygens (including phenoxy) is 4. The van der Waals surface area contributed by atoms with E-state index in [9.17, 15) is 19.8 Å². The minimum atomic E-state index is -0.352. The Morgan fingerprint density at radius 3 is 1.52 bits per heavy atom. The van der Waals surface area contributed by atoms with Crippen molar-refractivity contribution in [3.05, 3.63) is 114 Å².